The van der Waals surface area contributed by atoms with Gasteiger partial charge < -0.3 is 4.74 Å². The molecule has 2 heteroatoms. The molecule has 0 unspecified atom stereocenters. The molecule has 0 bridgehead atoms. The second-order valence-corrected chi connectivity index (χ2v) is 10.4. The molecule has 0 aliphatic heterocycles. The fraction of sp³-hybridized carbons (Fsp3) is 0.760. The van der Waals surface area contributed by atoms with Crippen molar-refractivity contribution in [2.75, 3.05) is 13.2 Å². The summed E-state index contributed by atoms with van der Waals surface area (Å²) in [6, 6.07) is 9.26. The summed E-state index contributed by atoms with van der Waals surface area (Å²) in [6.07, 6.45) is 14.0. The van der Waals surface area contributed by atoms with E-state index in [1.54, 1.807) is 0 Å². The zero-order valence-corrected chi connectivity index (χ0v) is 19.3. The zero-order chi connectivity index (χ0) is 20.0. The predicted octanol–water partition coefficient (Wildman–Crippen LogP) is 7.66. The van der Waals surface area contributed by atoms with Crippen molar-refractivity contribution < 1.29 is 4.74 Å². The second kappa shape index (κ2) is 14.5. The second-order valence-electron chi connectivity index (χ2n) is 9.15. The minimum atomic E-state index is 0.0824. The van der Waals surface area contributed by atoms with E-state index in [4.69, 9.17) is 4.74 Å². The van der Waals surface area contributed by atoms with Crippen LogP contribution in [-0.4, -0.2) is 18.0 Å². The first kappa shape index (κ1) is 24.6. The molecule has 0 spiro atoms. The number of hydrogen-bond acceptors (Lipinski definition) is 2. The van der Waals surface area contributed by atoms with Gasteiger partial charge in [-0.1, -0.05) is 84.1 Å². The van der Waals surface area contributed by atoms with Crippen molar-refractivity contribution in [3.05, 3.63) is 35.4 Å². The number of thiol groups is 1. The Morgan fingerprint density at radius 3 is 2.04 bits per heavy atom. The number of hydrogen-bond donors (Lipinski definition) is 1. The third-order valence-corrected chi connectivity index (χ3v) is 5.32. The molecule has 0 aliphatic rings. The highest BCUT2D eigenvalue weighted by Gasteiger charge is 2.10. The molecule has 156 valence electrons. The molecule has 0 heterocycles. The molecule has 0 saturated carbocycles. The van der Waals surface area contributed by atoms with Gasteiger partial charge in [0.2, 0.25) is 0 Å². The molecule has 0 N–H and O–H groups in total. The van der Waals surface area contributed by atoms with Gasteiger partial charge in [-0.05, 0) is 55.6 Å². The van der Waals surface area contributed by atoms with Crippen LogP contribution < -0.4 is 0 Å². The van der Waals surface area contributed by atoms with Crippen molar-refractivity contribution in [1.82, 2.24) is 0 Å². The third-order valence-electron chi connectivity index (χ3n) is 5.10. The number of aryl methyl sites for hydroxylation is 2. The SMILES string of the molecule is CC(C)CCCCCCc1cccc(CCCCCOCCC(C)(C)S)c1. The highest BCUT2D eigenvalue weighted by atomic mass is 32.1. The maximum Gasteiger partial charge on any atom is 0.0478 e. The largest absolute Gasteiger partial charge is 0.381 e. The van der Waals surface area contributed by atoms with Crippen molar-refractivity contribution in [2.45, 2.75) is 103 Å². The van der Waals surface area contributed by atoms with Crippen LogP contribution in [0, 0.1) is 5.92 Å². The van der Waals surface area contributed by atoms with Gasteiger partial charge >= 0.3 is 0 Å². The fourth-order valence-electron chi connectivity index (χ4n) is 3.31. The van der Waals surface area contributed by atoms with Crippen LogP contribution in [0.4, 0.5) is 0 Å². The molecule has 1 nitrogen and oxygen atoms in total. The van der Waals surface area contributed by atoms with Crippen molar-refractivity contribution in [2.24, 2.45) is 5.92 Å². The lowest BCUT2D eigenvalue weighted by atomic mass is 10.00. The molecule has 0 fully saturated rings. The summed E-state index contributed by atoms with van der Waals surface area (Å²) >= 11 is 4.53. The Morgan fingerprint density at radius 2 is 1.44 bits per heavy atom. The summed E-state index contributed by atoms with van der Waals surface area (Å²) in [5.74, 6) is 0.855. The van der Waals surface area contributed by atoms with E-state index in [1.807, 2.05) is 0 Å². The molecule has 0 saturated heterocycles. The fourth-order valence-corrected chi connectivity index (χ4v) is 3.40. The van der Waals surface area contributed by atoms with Crippen molar-refractivity contribution in [3.8, 4) is 0 Å². The van der Waals surface area contributed by atoms with Gasteiger partial charge in [0, 0.05) is 18.0 Å². The first-order chi connectivity index (χ1) is 12.9. The van der Waals surface area contributed by atoms with Crippen LogP contribution in [-0.2, 0) is 17.6 Å². The van der Waals surface area contributed by atoms with E-state index < -0.39 is 0 Å². The molecule has 1 aromatic carbocycles. The van der Waals surface area contributed by atoms with Crippen LogP contribution in [0.3, 0.4) is 0 Å². The van der Waals surface area contributed by atoms with Gasteiger partial charge in [0.1, 0.15) is 0 Å². The number of benzene rings is 1. The van der Waals surface area contributed by atoms with Gasteiger partial charge in [-0.15, -0.1) is 0 Å². The van der Waals surface area contributed by atoms with Gasteiger partial charge in [-0.3, -0.25) is 0 Å². The van der Waals surface area contributed by atoms with Crippen LogP contribution >= 0.6 is 12.6 Å². The van der Waals surface area contributed by atoms with Crippen molar-refractivity contribution in [1.29, 1.82) is 0 Å². The van der Waals surface area contributed by atoms with Crippen LogP contribution in [0.2, 0.25) is 0 Å². The van der Waals surface area contributed by atoms with E-state index in [0.29, 0.717) is 0 Å². The average Bonchev–Trinajstić information content (AvgIpc) is 2.59. The Hall–Kier alpha value is -0.470. The molecular weight excluding hydrogens is 348 g/mol. The van der Waals surface area contributed by atoms with Crippen LogP contribution in [0.1, 0.15) is 96.6 Å². The highest BCUT2D eigenvalue weighted by molar-refractivity contribution is 7.81. The summed E-state index contributed by atoms with van der Waals surface area (Å²) in [5.41, 5.74) is 3.03. The average molecular weight is 393 g/mol. The summed E-state index contributed by atoms with van der Waals surface area (Å²) in [7, 11) is 0. The van der Waals surface area contributed by atoms with Crippen molar-refractivity contribution in [3.63, 3.8) is 0 Å². The molecular formula is C25H44OS. The Labute approximate surface area is 175 Å². The van der Waals surface area contributed by atoms with Gasteiger partial charge in [-0.2, -0.15) is 12.6 Å². The van der Waals surface area contributed by atoms with Gasteiger partial charge in [0.05, 0.1) is 0 Å². The molecule has 0 aromatic heterocycles. The quantitative estimate of drug-likeness (QED) is 0.224. The predicted molar refractivity (Wildman–Crippen MR) is 124 cm³/mol. The summed E-state index contributed by atoms with van der Waals surface area (Å²) in [5, 5.41) is 0. The zero-order valence-electron chi connectivity index (χ0n) is 18.4. The molecule has 0 aliphatic carbocycles. The Morgan fingerprint density at radius 1 is 0.852 bits per heavy atom. The minimum Gasteiger partial charge on any atom is -0.381 e. The number of rotatable bonds is 16. The van der Waals surface area contributed by atoms with E-state index in [9.17, 15) is 0 Å². The van der Waals surface area contributed by atoms with Crippen LogP contribution in [0.5, 0.6) is 0 Å². The van der Waals surface area contributed by atoms with Gasteiger partial charge in [0.25, 0.3) is 0 Å². The number of ether oxygens (including phenoxy) is 1. The molecule has 0 atom stereocenters. The van der Waals surface area contributed by atoms with E-state index in [-0.39, 0.29) is 4.75 Å². The van der Waals surface area contributed by atoms with Gasteiger partial charge in [-0.25, -0.2) is 0 Å². The lowest BCUT2D eigenvalue weighted by Gasteiger charge is -2.16. The minimum absolute atomic E-state index is 0.0824. The van der Waals surface area contributed by atoms with Crippen molar-refractivity contribution >= 4 is 12.6 Å². The normalized spacial score (nSPS) is 12.1. The topological polar surface area (TPSA) is 9.23 Å². The molecule has 27 heavy (non-hydrogen) atoms. The molecule has 1 rings (SSSR count). The Kier molecular flexibility index (Phi) is 13.2. The summed E-state index contributed by atoms with van der Waals surface area (Å²) < 4.78 is 5.80. The third kappa shape index (κ3) is 15.2. The standard InChI is InChI=1S/C25H44OS/c1-22(2)13-8-5-6-9-14-23-16-12-17-24(21-23)15-10-7-11-19-26-20-18-25(3,4)27/h12,16-17,21-22,27H,5-11,13-15,18-20H2,1-4H3. The van der Waals surface area contributed by atoms with Crippen LogP contribution in [0.15, 0.2) is 24.3 Å². The summed E-state index contributed by atoms with van der Waals surface area (Å²) in [6.45, 7) is 10.6. The van der Waals surface area contributed by atoms with Crippen LogP contribution in [0.25, 0.3) is 0 Å². The lowest BCUT2D eigenvalue weighted by molar-refractivity contribution is 0.123. The van der Waals surface area contributed by atoms with E-state index in [0.717, 1.165) is 25.6 Å². The van der Waals surface area contributed by atoms with E-state index >= 15 is 0 Å². The van der Waals surface area contributed by atoms with Gasteiger partial charge in [0.15, 0.2) is 0 Å². The maximum absolute atomic E-state index is 5.72. The monoisotopic (exact) mass is 392 g/mol. The maximum atomic E-state index is 5.72. The Balaban J connectivity index is 2.07. The first-order valence-electron chi connectivity index (χ1n) is 11.2. The smallest absolute Gasteiger partial charge is 0.0478 e. The molecule has 0 amide bonds. The number of unbranched alkanes of at least 4 members (excludes halogenated alkanes) is 5. The summed E-state index contributed by atoms with van der Waals surface area (Å²) in [4.78, 5) is 0. The highest BCUT2D eigenvalue weighted by Crippen LogP contribution is 2.17. The molecule has 1 aromatic rings. The first-order valence-corrected chi connectivity index (χ1v) is 11.7. The van der Waals surface area contributed by atoms with E-state index in [2.05, 4.69) is 64.6 Å². The van der Waals surface area contributed by atoms with E-state index in [1.165, 1.54) is 75.3 Å². The lowest BCUT2D eigenvalue weighted by Crippen LogP contribution is -2.14. The Bertz CT molecular complexity index is 475. The molecule has 0 radical (unpaired) electrons.